The van der Waals surface area contributed by atoms with Gasteiger partial charge in [0.05, 0.1) is 11.8 Å². The Bertz CT molecular complexity index is 421. The van der Waals surface area contributed by atoms with Crippen LogP contribution in [0.1, 0.15) is 33.6 Å². The lowest BCUT2D eigenvalue weighted by atomic mass is 9.86. The Kier molecular flexibility index (Phi) is 7.40. The maximum absolute atomic E-state index is 11.2. The number of hydrogen-bond donors (Lipinski definition) is 3. The van der Waals surface area contributed by atoms with Crippen LogP contribution in [0.2, 0.25) is 0 Å². The number of esters is 1. The van der Waals surface area contributed by atoms with E-state index < -0.39 is 47.7 Å². The first-order chi connectivity index (χ1) is 9.56. The summed E-state index contributed by atoms with van der Waals surface area (Å²) in [5, 5.41) is 18.0. The highest BCUT2D eigenvalue weighted by Crippen LogP contribution is 2.23. The molecule has 0 saturated heterocycles. The van der Waals surface area contributed by atoms with Gasteiger partial charge in [-0.05, 0) is 12.8 Å². The molecule has 8 heteroatoms. The van der Waals surface area contributed by atoms with E-state index in [4.69, 9.17) is 20.7 Å². The normalized spacial score (nSPS) is 16.3. The molecule has 0 rings (SSSR count). The van der Waals surface area contributed by atoms with E-state index >= 15 is 0 Å². The third-order valence-corrected chi connectivity index (χ3v) is 3.26. The van der Waals surface area contributed by atoms with Gasteiger partial charge in [0.25, 0.3) is 0 Å². The van der Waals surface area contributed by atoms with Crippen LogP contribution in [-0.2, 0) is 23.9 Å². The molecule has 0 aromatic heterocycles. The number of carbonyl (C=O) groups excluding carboxylic acids is 2. The lowest BCUT2D eigenvalue weighted by molar-refractivity contribution is -0.158. The molecule has 1 amide bonds. The minimum atomic E-state index is -1.30. The van der Waals surface area contributed by atoms with Crippen LogP contribution in [0.3, 0.4) is 0 Å². The molecule has 0 spiro atoms. The highest BCUT2D eigenvalue weighted by atomic mass is 16.5. The standard InChI is InChI=1S/C13H21NO7/c1-6(11(14)16)4-9(21-8(3)15)5-10(13(19)20)7(2)12(17)18/h6-7,9-10H,4-5H2,1-3H3,(H2,14,16)(H,17,18)(H,19,20). The number of primary amides is 1. The van der Waals surface area contributed by atoms with E-state index in [-0.39, 0.29) is 12.8 Å². The van der Waals surface area contributed by atoms with E-state index in [1.807, 2.05) is 0 Å². The van der Waals surface area contributed by atoms with E-state index in [9.17, 15) is 19.2 Å². The van der Waals surface area contributed by atoms with Gasteiger partial charge in [-0.2, -0.15) is 0 Å². The number of amides is 1. The largest absolute Gasteiger partial charge is 0.481 e. The molecule has 4 unspecified atom stereocenters. The van der Waals surface area contributed by atoms with Gasteiger partial charge in [0, 0.05) is 12.8 Å². The molecule has 21 heavy (non-hydrogen) atoms. The summed E-state index contributed by atoms with van der Waals surface area (Å²) in [6.45, 7) is 3.94. The predicted molar refractivity (Wildman–Crippen MR) is 71.1 cm³/mol. The van der Waals surface area contributed by atoms with Crippen LogP contribution in [-0.4, -0.2) is 40.1 Å². The van der Waals surface area contributed by atoms with Gasteiger partial charge >= 0.3 is 17.9 Å². The lowest BCUT2D eigenvalue weighted by Gasteiger charge is -2.24. The smallest absolute Gasteiger partial charge is 0.307 e. The van der Waals surface area contributed by atoms with E-state index in [1.165, 1.54) is 13.8 Å². The van der Waals surface area contributed by atoms with Crippen molar-refractivity contribution >= 4 is 23.8 Å². The zero-order chi connectivity index (χ0) is 16.7. The summed E-state index contributed by atoms with van der Waals surface area (Å²) in [4.78, 5) is 44.2. The molecule has 0 aliphatic heterocycles. The second kappa shape index (κ2) is 8.23. The number of carbonyl (C=O) groups is 4. The first kappa shape index (κ1) is 18.9. The molecule has 4 N–H and O–H groups in total. The average molecular weight is 303 g/mol. The third kappa shape index (κ3) is 6.73. The number of nitrogens with two attached hydrogens (primary N) is 1. The van der Waals surface area contributed by atoms with Gasteiger partial charge < -0.3 is 20.7 Å². The molecule has 0 aromatic carbocycles. The lowest BCUT2D eigenvalue weighted by Crippen LogP contribution is -2.34. The van der Waals surface area contributed by atoms with Gasteiger partial charge in [-0.3, -0.25) is 19.2 Å². The molecule has 0 saturated carbocycles. The predicted octanol–water partition coefficient (Wildman–Crippen LogP) is 0.241. The number of aliphatic carboxylic acids is 2. The van der Waals surface area contributed by atoms with E-state index in [1.54, 1.807) is 0 Å². The van der Waals surface area contributed by atoms with Crippen LogP contribution in [0.4, 0.5) is 0 Å². The Morgan fingerprint density at radius 3 is 1.90 bits per heavy atom. The number of ether oxygens (including phenoxy) is 1. The van der Waals surface area contributed by atoms with Gasteiger partial charge in [0.15, 0.2) is 0 Å². The molecule has 0 aliphatic rings. The summed E-state index contributed by atoms with van der Waals surface area (Å²) < 4.78 is 4.98. The first-order valence-corrected chi connectivity index (χ1v) is 6.48. The molecule has 0 fully saturated rings. The summed E-state index contributed by atoms with van der Waals surface area (Å²) in [6.07, 6.45) is -1.03. The van der Waals surface area contributed by atoms with E-state index in [0.29, 0.717) is 0 Å². The molecule has 8 nitrogen and oxygen atoms in total. The van der Waals surface area contributed by atoms with Gasteiger partial charge in [0.1, 0.15) is 6.10 Å². The first-order valence-electron chi connectivity index (χ1n) is 6.48. The van der Waals surface area contributed by atoms with Crippen molar-refractivity contribution in [2.45, 2.75) is 39.7 Å². The SMILES string of the molecule is CC(=O)OC(CC(C)C(N)=O)CC(C(=O)O)C(C)C(=O)O. The van der Waals surface area contributed by atoms with Crippen LogP contribution >= 0.6 is 0 Å². The van der Waals surface area contributed by atoms with Gasteiger partial charge in [-0.25, -0.2) is 0 Å². The van der Waals surface area contributed by atoms with Gasteiger partial charge in [-0.1, -0.05) is 13.8 Å². The fourth-order valence-electron chi connectivity index (χ4n) is 1.91. The molecule has 0 heterocycles. The Hall–Kier alpha value is -2.12. The summed E-state index contributed by atoms with van der Waals surface area (Å²) in [5.74, 6) is -6.80. The summed E-state index contributed by atoms with van der Waals surface area (Å²) in [7, 11) is 0. The Morgan fingerprint density at radius 2 is 1.57 bits per heavy atom. The number of rotatable bonds is 9. The van der Waals surface area contributed by atoms with Crippen LogP contribution in [0.5, 0.6) is 0 Å². The monoisotopic (exact) mass is 303 g/mol. The highest BCUT2D eigenvalue weighted by Gasteiger charge is 2.34. The zero-order valence-corrected chi connectivity index (χ0v) is 12.2. The zero-order valence-electron chi connectivity index (χ0n) is 12.2. The van der Waals surface area contributed by atoms with Gasteiger partial charge in [-0.15, -0.1) is 0 Å². The topological polar surface area (TPSA) is 144 Å². The Morgan fingerprint density at radius 1 is 1.05 bits per heavy atom. The fraction of sp³-hybridized carbons (Fsp3) is 0.692. The minimum Gasteiger partial charge on any atom is -0.481 e. The van der Waals surface area contributed by atoms with Crippen LogP contribution in [0.25, 0.3) is 0 Å². The molecule has 0 aliphatic carbocycles. The van der Waals surface area contributed by atoms with Crippen LogP contribution in [0.15, 0.2) is 0 Å². The van der Waals surface area contributed by atoms with Crippen molar-refractivity contribution in [1.29, 1.82) is 0 Å². The second-order valence-electron chi connectivity index (χ2n) is 5.08. The van der Waals surface area contributed by atoms with Crippen LogP contribution in [0, 0.1) is 17.8 Å². The average Bonchev–Trinajstić information content (AvgIpc) is 2.33. The molecule has 120 valence electrons. The van der Waals surface area contributed by atoms with E-state index in [2.05, 4.69) is 0 Å². The molecule has 0 bridgehead atoms. The quantitative estimate of drug-likeness (QED) is 0.517. The third-order valence-electron chi connectivity index (χ3n) is 3.26. The van der Waals surface area contributed by atoms with E-state index in [0.717, 1.165) is 6.92 Å². The van der Waals surface area contributed by atoms with Gasteiger partial charge in [0.2, 0.25) is 5.91 Å². The molecule has 0 radical (unpaired) electrons. The fourth-order valence-corrected chi connectivity index (χ4v) is 1.91. The summed E-state index contributed by atoms with van der Waals surface area (Å²) in [6, 6.07) is 0. The van der Waals surface area contributed by atoms with Crippen molar-refractivity contribution in [3.05, 3.63) is 0 Å². The number of carboxylic acid groups (broad SMARTS) is 2. The molecular weight excluding hydrogens is 282 g/mol. The van der Waals surface area contributed by atoms with Crippen LogP contribution < -0.4 is 5.73 Å². The Balaban J connectivity index is 5.05. The van der Waals surface area contributed by atoms with Crippen molar-refractivity contribution in [3.63, 3.8) is 0 Å². The maximum Gasteiger partial charge on any atom is 0.307 e. The summed E-state index contributed by atoms with van der Waals surface area (Å²) >= 11 is 0. The minimum absolute atomic E-state index is 0.0467. The second-order valence-corrected chi connectivity index (χ2v) is 5.08. The number of hydrogen-bond acceptors (Lipinski definition) is 5. The molecular formula is C13H21NO7. The van der Waals surface area contributed by atoms with Crippen molar-refractivity contribution < 1.29 is 34.1 Å². The molecule has 4 atom stereocenters. The van der Waals surface area contributed by atoms with Crippen molar-refractivity contribution in [2.24, 2.45) is 23.5 Å². The number of carboxylic acids is 2. The Labute approximate surface area is 122 Å². The molecule has 0 aromatic rings. The maximum atomic E-state index is 11.2. The highest BCUT2D eigenvalue weighted by molar-refractivity contribution is 5.80. The van der Waals surface area contributed by atoms with Crippen molar-refractivity contribution in [2.75, 3.05) is 0 Å². The summed E-state index contributed by atoms with van der Waals surface area (Å²) in [5.41, 5.74) is 5.12. The van der Waals surface area contributed by atoms with Crippen molar-refractivity contribution in [1.82, 2.24) is 0 Å². The van der Waals surface area contributed by atoms with Crippen molar-refractivity contribution in [3.8, 4) is 0 Å².